The Bertz CT molecular complexity index is 1100. The summed E-state index contributed by atoms with van der Waals surface area (Å²) in [7, 11) is 1.44. The second kappa shape index (κ2) is 9.64. The summed E-state index contributed by atoms with van der Waals surface area (Å²) in [4.78, 5) is 13.1. The number of halogens is 5. The van der Waals surface area contributed by atoms with E-state index in [1.165, 1.54) is 25.3 Å². The van der Waals surface area contributed by atoms with Crippen LogP contribution in [0.1, 0.15) is 23.0 Å². The van der Waals surface area contributed by atoms with Crippen LogP contribution in [-0.2, 0) is 4.79 Å². The molecule has 3 aromatic carbocycles. The second-order valence-electron chi connectivity index (χ2n) is 6.74. The SMILES string of the molecule is C=C[C@@H](c1ccccc1)[C@H](C(=O)Oc1c(F)c(F)c(F)c(F)c1F)c1ccc(OC)cc1. The standard InChI is InChI=1S/C24H17F5O3/c1-3-16(13-7-5-4-6-8-13)17(14-9-11-15(31-2)12-10-14)24(30)32-23-21(28)19(26)18(25)20(27)22(23)29/h3-12,16-17H,1H2,2H3/t16-,17+/m0/s1. The molecule has 0 aliphatic heterocycles. The Hall–Kier alpha value is -3.68. The molecule has 0 unspecified atom stereocenters. The largest absolute Gasteiger partial charge is 0.497 e. The highest BCUT2D eigenvalue weighted by molar-refractivity contribution is 5.82. The van der Waals surface area contributed by atoms with E-state index in [1.807, 2.05) is 0 Å². The van der Waals surface area contributed by atoms with Gasteiger partial charge >= 0.3 is 5.97 Å². The number of rotatable bonds is 7. The molecule has 32 heavy (non-hydrogen) atoms. The molecule has 0 bridgehead atoms. The fourth-order valence-corrected chi connectivity index (χ4v) is 3.28. The first-order chi connectivity index (χ1) is 15.3. The van der Waals surface area contributed by atoms with Gasteiger partial charge in [0.05, 0.1) is 13.0 Å². The van der Waals surface area contributed by atoms with Gasteiger partial charge in [-0.1, -0.05) is 48.5 Å². The maximum absolute atomic E-state index is 14.1. The number of hydrogen-bond donors (Lipinski definition) is 0. The molecule has 0 aliphatic rings. The molecule has 166 valence electrons. The van der Waals surface area contributed by atoms with Crippen molar-refractivity contribution in [3.8, 4) is 11.5 Å². The van der Waals surface area contributed by atoms with Gasteiger partial charge in [-0.3, -0.25) is 4.79 Å². The lowest BCUT2D eigenvalue weighted by atomic mass is 9.81. The van der Waals surface area contributed by atoms with E-state index in [4.69, 9.17) is 9.47 Å². The lowest BCUT2D eigenvalue weighted by Gasteiger charge is -2.24. The summed E-state index contributed by atoms with van der Waals surface area (Å²) in [6.45, 7) is 3.73. The molecular formula is C24H17F5O3. The van der Waals surface area contributed by atoms with Crippen LogP contribution in [0.4, 0.5) is 22.0 Å². The zero-order valence-corrected chi connectivity index (χ0v) is 16.7. The van der Waals surface area contributed by atoms with Crippen molar-refractivity contribution in [2.24, 2.45) is 0 Å². The number of benzene rings is 3. The van der Waals surface area contributed by atoms with Gasteiger partial charge in [0.15, 0.2) is 0 Å². The van der Waals surface area contributed by atoms with Crippen molar-refractivity contribution in [3.05, 3.63) is 107 Å². The molecule has 0 N–H and O–H groups in total. The molecule has 3 rings (SSSR count). The maximum Gasteiger partial charge on any atom is 0.319 e. The van der Waals surface area contributed by atoms with Crippen LogP contribution in [0, 0.1) is 29.1 Å². The van der Waals surface area contributed by atoms with Gasteiger partial charge in [-0.15, -0.1) is 6.58 Å². The first kappa shape index (κ1) is 23.0. The van der Waals surface area contributed by atoms with E-state index in [2.05, 4.69) is 6.58 Å². The summed E-state index contributed by atoms with van der Waals surface area (Å²) < 4.78 is 78.5. The van der Waals surface area contributed by atoms with Gasteiger partial charge in [0.2, 0.25) is 34.8 Å². The van der Waals surface area contributed by atoms with Crippen LogP contribution in [-0.4, -0.2) is 13.1 Å². The zero-order chi connectivity index (χ0) is 23.4. The number of allylic oxidation sites excluding steroid dienone is 1. The number of ether oxygens (including phenoxy) is 2. The fraction of sp³-hybridized carbons (Fsp3) is 0.125. The van der Waals surface area contributed by atoms with Crippen molar-refractivity contribution in [2.75, 3.05) is 7.11 Å². The van der Waals surface area contributed by atoms with Crippen molar-refractivity contribution in [1.82, 2.24) is 0 Å². The third-order valence-electron chi connectivity index (χ3n) is 4.90. The molecule has 0 aliphatic carbocycles. The summed E-state index contributed by atoms with van der Waals surface area (Å²) in [5.41, 5.74) is 0.978. The van der Waals surface area contributed by atoms with E-state index in [1.54, 1.807) is 42.5 Å². The Balaban J connectivity index is 2.09. The van der Waals surface area contributed by atoms with E-state index < -0.39 is 52.6 Å². The minimum Gasteiger partial charge on any atom is -0.497 e. The molecule has 0 heterocycles. The van der Waals surface area contributed by atoms with E-state index in [9.17, 15) is 26.7 Å². The Kier molecular flexibility index (Phi) is 6.92. The second-order valence-corrected chi connectivity index (χ2v) is 6.74. The molecule has 0 spiro atoms. The molecule has 8 heteroatoms. The Morgan fingerprint density at radius 2 is 1.34 bits per heavy atom. The zero-order valence-electron chi connectivity index (χ0n) is 16.7. The van der Waals surface area contributed by atoms with Gasteiger partial charge < -0.3 is 9.47 Å². The van der Waals surface area contributed by atoms with Crippen LogP contribution in [0.5, 0.6) is 11.5 Å². The molecule has 0 radical (unpaired) electrons. The summed E-state index contributed by atoms with van der Waals surface area (Å²) in [6.07, 6.45) is 1.43. The van der Waals surface area contributed by atoms with Crippen LogP contribution in [0.2, 0.25) is 0 Å². The summed E-state index contributed by atoms with van der Waals surface area (Å²) in [6, 6.07) is 14.8. The predicted molar refractivity (Wildman–Crippen MR) is 107 cm³/mol. The summed E-state index contributed by atoms with van der Waals surface area (Å²) in [5, 5.41) is 0. The summed E-state index contributed by atoms with van der Waals surface area (Å²) >= 11 is 0. The van der Waals surface area contributed by atoms with Crippen LogP contribution in [0.25, 0.3) is 0 Å². The third kappa shape index (κ3) is 4.34. The normalized spacial score (nSPS) is 12.7. The fourth-order valence-electron chi connectivity index (χ4n) is 3.28. The van der Waals surface area contributed by atoms with Crippen LogP contribution < -0.4 is 9.47 Å². The van der Waals surface area contributed by atoms with Gasteiger partial charge in [0.1, 0.15) is 5.75 Å². The molecule has 0 saturated carbocycles. The molecular weight excluding hydrogens is 431 g/mol. The van der Waals surface area contributed by atoms with Gasteiger partial charge in [-0.25, -0.2) is 13.2 Å². The molecule has 3 aromatic rings. The minimum absolute atomic E-state index is 0.355. The third-order valence-corrected chi connectivity index (χ3v) is 4.90. The van der Waals surface area contributed by atoms with Gasteiger partial charge in [0, 0.05) is 5.92 Å². The van der Waals surface area contributed by atoms with Crippen molar-refractivity contribution < 1.29 is 36.2 Å². The average Bonchev–Trinajstić information content (AvgIpc) is 2.83. The van der Waals surface area contributed by atoms with E-state index in [0.29, 0.717) is 16.9 Å². The monoisotopic (exact) mass is 448 g/mol. The van der Waals surface area contributed by atoms with Crippen molar-refractivity contribution >= 4 is 5.97 Å². The molecule has 0 saturated heterocycles. The summed E-state index contributed by atoms with van der Waals surface area (Å²) in [5.74, 6) is -15.6. The lowest BCUT2D eigenvalue weighted by molar-refractivity contribution is -0.136. The van der Waals surface area contributed by atoms with Crippen LogP contribution >= 0.6 is 0 Å². The molecule has 0 aromatic heterocycles. The van der Waals surface area contributed by atoms with Gasteiger partial charge in [-0.05, 0) is 23.3 Å². The van der Waals surface area contributed by atoms with E-state index >= 15 is 0 Å². The van der Waals surface area contributed by atoms with E-state index in [0.717, 1.165) is 0 Å². The van der Waals surface area contributed by atoms with Crippen molar-refractivity contribution in [3.63, 3.8) is 0 Å². The average molecular weight is 448 g/mol. The maximum atomic E-state index is 14.1. The lowest BCUT2D eigenvalue weighted by Crippen LogP contribution is -2.25. The quantitative estimate of drug-likeness (QED) is 0.110. The molecule has 0 amide bonds. The number of carbonyl (C=O) groups excluding carboxylic acids is 1. The first-order valence-electron chi connectivity index (χ1n) is 9.34. The number of hydrogen-bond acceptors (Lipinski definition) is 3. The smallest absolute Gasteiger partial charge is 0.319 e. The first-order valence-corrected chi connectivity index (χ1v) is 9.34. The number of methoxy groups -OCH3 is 1. The van der Waals surface area contributed by atoms with E-state index in [-0.39, 0.29) is 0 Å². The number of carbonyl (C=O) groups is 1. The Morgan fingerprint density at radius 3 is 1.84 bits per heavy atom. The highest BCUT2D eigenvalue weighted by Crippen LogP contribution is 2.37. The predicted octanol–water partition coefficient (Wildman–Crippen LogP) is 6.05. The molecule has 3 nitrogen and oxygen atoms in total. The minimum atomic E-state index is -2.35. The Labute approximate surface area is 180 Å². The molecule has 0 fully saturated rings. The van der Waals surface area contributed by atoms with Crippen LogP contribution in [0.3, 0.4) is 0 Å². The van der Waals surface area contributed by atoms with Gasteiger partial charge in [0.25, 0.3) is 0 Å². The number of esters is 1. The topological polar surface area (TPSA) is 35.5 Å². The molecule has 2 atom stereocenters. The van der Waals surface area contributed by atoms with Crippen molar-refractivity contribution in [1.29, 1.82) is 0 Å². The van der Waals surface area contributed by atoms with Gasteiger partial charge in [-0.2, -0.15) is 8.78 Å². The van der Waals surface area contributed by atoms with Crippen LogP contribution in [0.15, 0.2) is 67.3 Å². The van der Waals surface area contributed by atoms with Crippen molar-refractivity contribution in [2.45, 2.75) is 11.8 Å². The highest BCUT2D eigenvalue weighted by atomic mass is 19.2. The highest BCUT2D eigenvalue weighted by Gasteiger charge is 2.35. The Morgan fingerprint density at radius 1 is 0.812 bits per heavy atom.